The zero-order chi connectivity index (χ0) is 13.4. The monoisotopic (exact) mass is 250 g/mol. The van der Waals surface area contributed by atoms with Crippen LogP contribution in [0.25, 0.3) is 0 Å². The van der Waals surface area contributed by atoms with Crippen LogP contribution in [0.15, 0.2) is 25.3 Å². The van der Waals surface area contributed by atoms with Crippen molar-refractivity contribution >= 4 is 5.91 Å². The fraction of sp³-hybridized carbons (Fsp3) is 0.667. The summed E-state index contributed by atoms with van der Waals surface area (Å²) in [6.07, 6.45) is 7.01. The average molecular weight is 250 g/mol. The Morgan fingerprint density at radius 1 is 1.28 bits per heavy atom. The van der Waals surface area contributed by atoms with Gasteiger partial charge in [0.05, 0.1) is 0 Å². The van der Waals surface area contributed by atoms with Crippen LogP contribution >= 0.6 is 0 Å². The minimum atomic E-state index is 0.0627. The number of hydrogen-bond acceptors (Lipinski definition) is 2. The zero-order valence-electron chi connectivity index (χ0n) is 11.6. The molecule has 0 aromatic carbocycles. The van der Waals surface area contributed by atoms with Gasteiger partial charge in [0.1, 0.15) is 0 Å². The maximum atomic E-state index is 11.4. The highest BCUT2D eigenvalue weighted by molar-refractivity contribution is 5.87. The molecule has 18 heavy (non-hydrogen) atoms. The van der Waals surface area contributed by atoms with Gasteiger partial charge in [0.25, 0.3) is 0 Å². The fourth-order valence-electron chi connectivity index (χ4n) is 2.41. The third-order valence-electron chi connectivity index (χ3n) is 3.79. The van der Waals surface area contributed by atoms with Crippen LogP contribution in [0, 0.1) is 5.92 Å². The van der Waals surface area contributed by atoms with Gasteiger partial charge in [-0.25, -0.2) is 0 Å². The molecule has 1 fully saturated rings. The quantitative estimate of drug-likeness (QED) is 0.511. The summed E-state index contributed by atoms with van der Waals surface area (Å²) in [6.45, 7) is 14.4. The molecule has 3 nitrogen and oxygen atoms in total. The smallest absolute Gasteiger partial charge is 0.246 e. The largest absolute Gasteiger partial charge is 0.337 e. The van der Waals surface area contributed by atoms with Gasteiger partial charge in [-0.3, -0.25) is 9.69 Å². The van der Waals surface area contributed by atoms with Gasteiger partial charge in [-0.1, -0.05) is 26.0 Å². The van der Waals surface area contributed by atoms with Crippen molar-refractivity contribution in [2.24, 2.45) is 5.92 Å². The highest BCUT2D eigenvalue weighted by atomic mass is 16.2. The van der Waals surface area contributed by atoms with Gasteiger partial charge in [0, 0.05) is 26.2 Å². The first kappa shape index (κ1) is 15.0. The Morgan fingerprint density at radius 3 is 2.44 bits per heavy atom. The Morgan fingerprint density at radius 2 is 1.94 bits per heavy atom. The lowest BCUT2D eigenvalue weighted by Gasteiger charge is -2.34. The van der Waals surface area contributed by atoms with Gasteiger partial charge in [-0.15, -0.1) is 6.58 Å². The van der Waals surface area contributed by atoms with E-state index in [1.54, 1.807) is 0 Å². The molecule has 1 atom stereocenters. The van der Waals surface area contributed by atoms with Gasteiger partial charge >= 0.3 is 0 Å². The Hall–Kier alpha value is -1.09. The zero-order valence-corrected chi connectivity index (χ0v) is 11.6. The van der Waals surface area contributed by atoms with Crippen molar-refractivity contribution in [3.8, 4) is 0 Å². The lowest BCUT2D eigenvalue weighted by atomic mass is 9.98. The van der Waals surface area contributed by atoms with Crippen LogP contribution in [-0.2, 0) is 4.79 Å². The molecule has 1 unspecified atom stereocenters. The van der Waals surface area contributed by atoms with E-state index in [4.69, 9.17) is 0 Å². The SMILES string of the molecule is C=CCC(CC)CCN1CCN(C(=O)C=C)CC1. The molecule has 0 bridgehead atoms. The van der Waals surface area contributed by atoms with E-state index in [-0.39, 0.29) is 5.91 Å². The first-order valence-corrected chi connectivity index (χ1v) is 6.95. The van der Waals surface area contributed by atoms with Crippen LogP contribution in [0.2, 0.25) is 0 Å². The van der Waals surface area contributed by atoms with Crippen LogP contribution in [0.1, 0.15) is 26.2 Å². The summed E-state index contributed by atoms with van der Waals surface area (Å²) in [7, 11) is 0. The molecule has 0 aliphatic carbocycles. The van der Waals surface area contributed by atoms with E-state index in [2.05, 4.69) is 25.0 Å². The van der Waals surface area contributed by atoms with Crippen LogP contribution < -0.4 is 0 Å². The van der Waals surface area contributed by atoms with Crippen molar-refractivity contribution in [3.63, 3.8) is 0 Å². The van der Waals surface area contributed by atoms with E-state index in [0.717, 1.165) is 45.1 Å². The second kappa shape index (κ2) is 8.09. The molecule has 1 rings (SSSR count). The maximum Gasteiger partial charge on any atom is 0.246 e. The molecule has 1 amide bonds. The first-order valence-electron chi connectivity index (χ1n) is 6.95. The van der Waals surface area contributed by atoms with E-state index >= 15 is 0 Å². The molecule has 0 aromatic rings. The third kappa shape index (κ3) is 4.65. The molecule has 1 saturated heterocycles. The number of nitrogens with zero attached hydrogens (tertiary/aromatic N) is 2. The summed E-state index contributed by atoms with van der Waals surface area (Å²) >= 11 is 0. The van der Waals surface area contributed by atoms with Crippen molar-refractivity contribution in [3.05, 3.63) is 25.3 Å². The first-order chi connectivity index (χ1) is 8.71. The van der Waals surface area contributed by atoms with Crippen molar-refractivity contribution < 1.29 is 4.79 Å². The van der Waals surface area contributed by atoms with Gasteiger partial charge < -0.3 is 4.90 Å². The van der Waals surface area contributed by atoms with Crippen molar-refractivity contribution in [2.45, 2.75) is 26.2 Å². The predicted molar refractivity (Wildman–Crippen MR) is 76.4 cm³/mol. The second-order valence-corrected chi connectivity index (χ2v) is 4.96. The van der Waals surface area contributed by atoms with E-state index in [1.165, 1.54) is 18.9 Å². The summed E-state index contributed by atoms with van der Waals surface area (Å²) in [5, 5.41) is 0. The predicted octanol–water partition coefficient (Wildman–Crippen LogP) is 2.31. The topological polar surface area (TPSA) is 23.6 Å². The summed E-state index contributed by atoms with van der Waals surface area (Å²) in [4.78, 5) is 15.8. The van der Waals surface area contributed by atoms with Gasteiger partial charge in [0.2, 0.25) is 5.91 Å². The Balaban J connectivity index is 2.24. The molecular formula is C15H26N2O. The number of amides is 1. The van der Waals surface area contributed by atoms with Gasteiger partial charge in [0.15, 0.2) is 0 Å². The molecule has 0 aromatic heterocycles. The Kier molecular flexibility index (Phi) is 6.73. The lowest BCUT2D eigenvalue weighted by Crippen LogP contribution is -2.48. The number of carbonyl (C=O) groups excluding carboxylic acids is 1. The molecule has 0 saturated carbocycles. The summed E-state index contributed by atoms with van der Waals surface area (Å²) in [5.74, 6) is 0.822. The normalized spacial score (nSPS) is 18.4. The molecule has 0 radical (unpaired) electrons. The standard InChI is InChI=1S/C15H26N2O/c1-4-7-14(5-2)8-9-16-10-12-17(13-11-16)15(18)6-3/h4,6,14H,1,3,5,7-13H2,2H3. The number of hydrogen-bond donors (Lipinski definition) is 0. The molecule has 1 aliphatic rings. The van der Waals surface area contributed by atoms with Crippen molar-refractivity contribution in [1.82, 2.24) is 9.80 Å². The fourth-order valence-corrected chi connectivity index (χ4v) is 2.41. The Bertz CT molecular complexity index is 280. The Labute approximate surface area is 111 Å². The molecule has 0 spiro atoms. The molecule has 0 N–H and O–H groups in total. The number of piperazine rings is 1. The third-order valence-corrected chi connectivity index (χ3v) is 3.79. The second-order valence-electron chi connectivity index (χ2n) is 4.96. The maximum absolute atomic E-state index is 11.4. The summed E-state index contributed by atoms with van der Waals surface area (Å²) in [5.41, 5.74) is 0. The van der Waals surface area contributed by atoms with Gasteiger partial charge in [-0.05, 0) is 31.4 Å². The minimum Gasteiger partial charge on any atom is -0.337 e. The number of rotatable bonds is 7. The highest BCUT2D eigenvalue weighted by Gasteiger charge is 2.19. The summed E-state index contributed by atoms with van der Waals surface area (Å²) in [6, 6.07) is 0. The van der Waals surface area contributed by atoms with Crippen molar-refractivity contribution in [2.75, 3.05) is 32.7 Å². The van der Waals surface area contributed by atoms with Crippen LogP contribution in [0.3, 0.4) is 0 Å². The minimum absolute atomic E-state index is 0.0627. The van der Waals surface area contributed by atoms with Crippen LogP contribution in [-0.4, -0.2) is 48.4 Å². The summed E-state index contributed by atoms with van der Waals surface area (Å²) < 4.78 is 0. The molecule has 3 heteroatoms. The van der Waals surface area contributed by atoms with Crippen molar-refractivity contribution in [1.29, 1.82) is 0 Å². The van der Waals surface area contributed by atoms with E-state index in [1.807, 2.05) is 11.0 Å². The molecule has 1 aliphatic heterocycles. The van der Waals surface area contributed by atoms with Gasteiger partial charge in [-0.2, -0.15) is 0 Å². The lowest BCUT2D eigenvalue weighted by molar-refractivity contribution is -0.127. The van der Waals surface area contributed by atoms with E-state index in [9.17, 15) is 4.79 Å². The van der Waals surface area contributed by atoms with Crippen LogP contribution in [0.5, 0.6) is 0 Å². The molecule has 102 valence electrons. The van der Waals surface area contributed by atoms with E-state index < -0.39 is 0 Å². The molecule has 1 heterocycles. The highest BCUT2D eigenvalue weighted by Crippen LogP contribution is 2.15. The average Bonchev–Trinajstić information content (AvgIpc) is 2.43. The number of allylic oxidation sites excluding steroid dienone is 1. The van der Waals surface area contributed by atoms with E-state index in [0.29, 0.717) is 0 Å². The number of carbonyl (C=O) groups is 1. The van der Waals surface area contributed by atoms with Crippen LogP contribution in [0.4, 0.5) is 0 Å². The molecular weight excluding hydrogens is 224 g/mol.